The molecule has 0 N–H and O–H groups in total. The van der Waals surface area contributed by atoms with Crippen molar-refractivity contribution in [1.29, 1.82) is 0 Å². The highest BCUT2D eigenvalue weighted by molar-refractivity contribution is 6.08. The molecule has 112 valence electrons. The van der Waals surface area contributed by atoms with Crippen LogP contribution in [0.25, 0.3) is 21.8 Å². The van der Waals surface area contributed by atoms with Gasteiger partial charge in [-0.3, -0.25) is 14.9 Å². The van der Waals surface area contributed by atoms with Crippen LogP contribution in [-0.4, -0.2) is 22.1 Å². The number of non-ortho nitro benzene ring substituents is 1. The summed E-state index contributed by atoms with van der Waals surface area (Å²) in [5.41, 5.74) is 1.92. The van der Waals surface area contributed by atoms with Crippen LogP contribution >= 0.6 is 0 Å². The van der Waals surface area contributed by atoms with Gasteiger partial charge in [0.05, 0.1) is 11.5 Å². The van der Waals surface area contributed by atoms with Crippen LogP contribution in [0.4, 0.5) is 5.69 Å². The molecule has 0 unspecified atom stereocenters. The van der Waals surface area contributed by atoms with Gasteiger partial charge in [0.25, 0.3) is 5.69 Å². The van der Waals surface area contributed by atoms with Crippen LogP contribution in [0.15, 0.2) is 42.5 Å². The molecule has 6 heteroatoms. The standard InChI is InChI=1S/C16H14N2O4/c1-11(19)22-9-8-17-15-5-3-2-4-13(15)14-10-12(18(20)21)6-7-16(14)17/h2-7,10H,8-9H2,1H3. The van der Waals surface area contributed by atoms with Gasteiger partial charge < -0.3 is 9.30 Å². The second-order valence-corrected chi connectivity index (χ2v) is 4.97. The van der Waals surface area contributed by atoms with E-state index in [1.54, 1.807) is 12.1 Å². The van der Waals surface area contributed by atoms with Crippen molar-refractivity contribution in [2.75, 3.05) is 6.61 Å². The van der Waals surface area contributed by atoms with Crippen molar-refractivity contribution in [1.82, 2.24) is 4.57 Å². The zero-order valence-corrected chi connectivity index (χ0v) is 12.0. The maximum absolute atomic E-state index is 11.0. The number of aromatic nitrogens is 1. The van der Waals surface area contributed by atoms with Crippen molar-refractivity contribution in [2.45, 2.75) is 13.5 Å². The lowest BCUT2D eigenvalue weighted by molar-refractivity contribution is -0.384. The maximum Gasteiger partial charge on any atom is 0.302 e. The van der Waals surface area contributed by atoms with Crippen molar-refractivity contribution in [3.63, 3.8) is 0 Å². The van der Waals surface area contributed by atoms with Crippen LogP contribution in [0, 0.1) is 10.1 Å². The van der Waals surface area contributed by atoms with Gasteiger partial charge in [-0.05, 0) is 12.1 Å². The molecular weight excluding hydrogens is 284 g/mol. The molecule has 0 saturated carbocycles. The molecule has 0 amide bonds. The van der Waals surface area contributed by atoms with Gasteiger partial charge in [0.15, 0.2) is 0 Å². The van der Waals surface area contributed by atoms with E-state index in [9.17, 15) is 14.9 Å². The smallest absolute Gasteiger partial charge is 0.302 e. The Balaban J connectivity index is 2.16. The molecule has 0 bridgehead atoms. The molecular formula is C16H14N2O4. The molecule has 0 saturated heterocycles. The molecule has 0 spiro atoms. The molecule has 0 aliphatic heterocycles. The highest BCUT2D eigenvalue weighted by atomic mass is 16.6. The fraction of sp³-hybridized carbons (Fsp3) is 0.188. The number of hydrogen-bond donors (Lipinski definition) is 0. The average Bonchev–Trinajstić information content (AvgIpc) is 2.81. The Bertz CT molecular complexity index is 882. The number of esters is 1. The molecule has 0 aliphatic carbocycles. The lowest BCUT2D eigenvalue weighted by atomic mass is 10.1. The minimum Gasteiger partial charge on any atom is -0.464 e. The minimum absolute atomic E-state index is 0.0652. The van der Waals surface area contributed by atoms with Crippen molar-refractivity contribution < 1.29 is 14.5 Å². The van der Waals surface area contributed by atoms with Crippen LogP contribution in [-0.2, 0) is 16.1 Å². The summed E-state index contributed by atoms with van der Waals surface area (Å²) in [6, 6.07) is 12.5. The van der Waals surface area contributed by atoms with Gasteiger partial charge in [-0.2, -0.15) is 0 Å². The van der Waals surface area contributed by atoms with Crippen molar-refractivity contribution >= 4 is 33.5 Å². The Kier molecular flexibility index (Phi) is 3.50. The second-order valence-electron chi connectivity index (χ2n) is 4.97. The van der Waals surface area contributed by atoms with Crippen molar-refractivity contribution in [3.8, 4) is 0 Å². The van der Waals surface area contributed by atoms with Crippen LogP contribution in [0.5, 0.6) is 0 Å². The number of benzene rings is 2. The van der Waals surface area contributed by atoms with E-state index in [2.05, 4.69) is 0 Å². The van der Waals surface area contributed by atoms with E-state index in [1.165, 1.54) is 13.0 Å². The van der Waals surface area contributed by atoms with E-state index in [4.69, 9.17) is 4.74 Å². The third-order valence-corrected chi connectivity index (χ3v) is 3.59. The number of fused-ring (bicyclic) bond motifs is 3. The molecule has 0 atom stereocenters. The number of carbonyl (C=O) groups excluding carboxylic acids is 1. The van der Waals surface area contributed by atoms with Gasteiger partial charge in [-0.25, -0.2) is 0 Å². The molecule has 22 heavy (non-hydrogen) atoms. The number of rotatable bonds is 4. The van der Waals surface area contributed by atoms with E-state index < -0.39 is 4.92 Å². The predicted molar refractivity (Wildman–Crippen MR) is 82.7 cm³/mol. The third-order valence-electron chi connectivity index (χ3n) is 3.59. The zero-order valence-electron chi connectivity index (χ0n) is 12.0. The number of nitro benzene ring substituents is 1. The van der Waals surface area contributed by atoms with Crippen LogP contribution in [0.3, 0.4) is 0 Å². The van der Waals surface area contributed by atoms with Gasteiger partial charge in [0.1, 0.15) is 6.61 Å². The number of hydrogen-bond acceptors (Lipinski definition) is 4. The molecule has 6 nitrogen and oxygen atoms in total. The minimum atomic E-state index is -0.398. The van der Waals surface area contributed by atoms with Crippen LogP contribution < -0.4 is 0 Å². The first-order chi connectivity index (χ1) is 10.6. The highest BCUT2D eigenvalue weighted by Crippen LogP contribution is 2.31. The maximum atomic E-state index is 11.0. The SMILES string of the molecule is CC(=O)OCCn1c2ccccc2c2cc([N+](=O)[O-])ccc21. The van der Waals surface area contributed by atoms with Crippen molar-refractivity contribution in [3.05, 3.63) is 52.6 Å². The van der Waals surface area contributed by atoms with E-state index in [1.807, 2.05) is 28.8 Å². The van der Waals surface area contributed by atoms with Gasteiger partial charge >= 0.3 is 5.97 Å². The zero-order chi connectivity index (χ0) is 15.7. The fourth-order valence-electron chi connectivity index (χ4n) is 2.68. The number of nitrogens with zero attached hydrogens (tertiary/aromatic N) is 2. The first-order valence-electron chi connectivity index (χ1n) is 6.86. The Labute approximate surface area is 126 Å². The monoisotopic (exact) mass is 298 g/mol. The summed E-state index contributed by atoms with van der Waals surface area (Å²) in [6.07, 6.45) is 0. The molecule has 3 aromatic rings. The number of ether oxygens (including phenoxy) is 1. The third kappa shape index (κ3) is 2.39. The summed E-state index contributed by atoms with van der Waals surface area (Å²) >= 11 is 0. The largest absolute Gasteiger partial charge is 0.464 e. The van der Waals surface area contributed by atoms with Crippen molar-refractivity contribution in [2.24, 2.45) is 0 Å². The Morgan fingerprint density at radius 3 is 2.64 bits per heavy atom. The summed E-state index contributed by atoms with van der Waals surface area (Å²) in [4.78, 5) is 21.5. The van der Waals surface area contributed by atoms with E-state index in [0.717, 1.165) is 21.8 Å². The van der Waals surface area contributed by atoms with Gasteiger partial charge in [-0.15, -0.1) is 0 Å². The topological polar surface area (TPSA) is 74.4 Å². The number of nitro groups is 1. The number of carbonyl (C=O) groups is 1. The Hall–Kier alpha value is -2.89. The Morgan fingerprint density at radius 2 is 1.91 bits per heavy atom. The molecule has 0 radical (unpaired) electrons. The first kappa shape index (κ1) is 14.1. The molecule has 3 rings (SSSR count). The normalized spacial score (nSPS) is 11.0. The molecule has 1 aromatic heterocycles. The van der Waals surface area contributed by atoms with Gasteiger partial charge in [0.2, 0.25) is 0 Å². The lowest BCUT2D eigenvalue weighted by Gasteiger charge is -2.07. The second kappa shape index (κ2) is 5.48. The summed E-state index contributed by atoms with van der Waals surface area (Å²) in [6.45, 7) is 2.14. The number of para-hydroxylation sites is 1. The van der Waals surface area contributed by atoms with Gasteiger partial charge in [-0.1, -0.05) is 18.2 Å². The summed E-state index contributed by atoms with van der Waals surface area (Å²) < 4.78 is 7.02. The van der Waals surface area contributed by atoms with Crippen LogP contribution in [0.1, 0.15) is 6.92 Å². The predicted octanol–water partition coefficient (Wildman–Crippen LogP) is 3.27. The summed E-state index contributed by atoms with van der Waals surface area (Å²) in [5, 5.41) is 12.8. The Morgan fingerprint density at radius 1 is 1.18 bits per heavy atom. The fourth-order valence-corrected chi connectivity index (χ4v) is 2.68. The quantitative estimate of drug-likeness (QED) is 0.421. The molecule has 0 fully saturated rings. The van der Waals surface area contributed by atoms with Gasteiger partial charge in [0, 0.05) is 40.9 Å². The highest BCUT2D eigenvalue weighted by Gasteiger charge is 2.14. The average molecular weight is 298 g/mol. The molecule has 2 aromatic carbocycles. The molecule has 1 heterocycles. The molecule has 0 aliphatic rings. The van der Waals surface area contributed by atoms with E-state index in [-0.39, 0.29) is 18.3 Å². The van der Waals surface area contributed by atoms with Crippen LogP contribution in [0.2, 0.25) is 0 Å². The first-order valence-corrected chi connectivity index (χ1v) is 6.86. The van der Waals surface area contributed by atoms with E-state index in [0.29, 0.717) is 6.54 Å². The lowest BCUT2D eigenvalue weighted by Crippen LogP contribution is -2.08. The van der Waals surface area contributed by atoms with E-state index >= 15 is 0 Å². The summed E-state index contributed by atoms with van der Waals surface area (Å²) in [5.74, 6) is -0.323. The summed E-state index contributed by atoms with van der Waals surface area (Å²) in [7, 11) is 0.